The molecule has 24 heavy (non-hydrogen) atoms. The standard InChI is InChI=1S/C17H28N4O3/c1-4-17(2,21-8-10-24-11-9-21)13-20-16(22)19-12-14-6-5-7-18-15(14)23-3/h5-7H,4,8-13H2,1-3H3,(H2,19,20,22)/t17-/m0/s1. The van der Waals surface area contributed by atoms with Crippen molar-refractivity contribution < 1.29 is 14.3 Å². The van der Waals surface area contributed by atoms with Gasteiger partial charge < -0.3 is 20.1 Å². The summed E-state index contributed by atoms with van der Waals surface area (Å²) in [5, 5.41) is 5.85. The molecule has 0 spiro atoms. The second-order valence-corrected chi connectivity index (χ2v) is 6.16. The van der Waals surface area contributed by atoms with Gasteiger partial charge in [0.05, 0.1) is 20.3 Å². The van der Waals surface area contributed by atoms with Crippen LogP contribution in [0, 0.1) is 0 Å². The van der Waals surface area contributed by atoms with Crippen LogP contribution in [0.2, 0.25) is 0 Å². The van der Waals surface area contributed by atoms with E-state index in [1.165, 1.54) is 0 Å². The summed E-state index contributed by atoms with van der Waals surface area (Å²) in [7, 11) is 1.57. The summed E-state index contributed by atoms with van der Waals surface area (Å²) in [4.78, 5) is 18.6. The molecule has 1 aliphatic heterocycles. The minimum Gasteiger partial charge on any atom is -0.481 e. The lowest BCUT2D eigenvalue weighted by Gasteiger charge is -2.43. The molecule has 1 fully saturated rings. The van der Waals surface area contributed by atoms with Crippen LogP contribution >= 0.6 is 0 Å². The summed E-state index contributed by atoms with van der Waals surface area (Å²) in [6.07, 6.45) is 2.63. The maximum atomic E-state index is 12.1. The van der Waals surface area contributed by atoms with Crippen molar-refractivity contribution in [3.05, 3.63) is 23.9 Å². The third kappa shape index (κ3) is 4.82. The first kappa shape index (κ1) is 18.5. The highest BCUT2D eigenvalue weighted by atomic mass is 16.5. The third-order valence-corrected chi connectivity index (χ3v) is 4.65. The average Bonchev–Trinajstić information content (AvgIpc) is 2.65. The van der Waals surface area contributed by atoms with Crippen LogP contribution in [0.15, 0.2) is 18.3 Å². The number of carbonyl (C=O) groups excluding carboxylic acids is 1. The van der Waals surface area contributed by atoms with Gasteiger partial charge in [0.25, 0.3) is 0 Å². The summed E-state index contributed by atoms with van der Waals surface area (Å²) >= 11 is 0. The molecular weight excluding hydrogens is 308 g/mol. The van der Waals surface area contributed by atoms with E-state index in [9.17, 15) is 4.79 Å². The van der Waals surface area contributed by atoms with Crippen LogP contribution < -0.4 is 15.4 Å². The summed E-state index contributed by atoms with van der Waals surface area (Å²) in [6.45, 7) is 8.62. The second kappa shape index (κ2) is 8.84. The predicted octanol–water partition coefficient (Wildman–Crippen LogP) is 1.39. The topological polar surface area (TPSA) is 75.7 Å². The van der Waals surface area contributed by atoms with Crippen LogP contribution in [-0.4, -0.2) is 61.4 Å². The van der Waals surface area contributed by atoms with Crippen molar-refractivity contribution in [2.45, 2.75) is 32.4 Å². The monoisotopic (exact) mass is 336 g/mol. The van der Waals surface area contributed by atoms with E-state index in [0.717, 1.165) is 38.3 Å². The van der Waals surface area contributed by atoms with Gasteiger partial charge in [-0.2, -0.15) is 0 Å². The van der Waals surface area contributed by atoms with E-state index in [4.69, 9.17) is 9.47 Å². The van der Waals surface area contributed by atoms with Gasteiger partial charge in [-0.25, -0.2) is 9.78 Å². The highest BCUT2D eigenvalue weighted by molar-refractivity contribution is 5.74. The van der Waals surface area contributed by atoms with Crippen molar-refractivity contribution >= 4 is 6.03 Å². The van der Waals surface area contributed by atoms with Crippen molar-refractivity contribution in [3.8, 4) is 5.88 Å². The summed E-state index contributed by atoms with van der Waals surface area (Å²) < 4.78 is 10.6. The zero-order chi connectivity index (χ0) is 17.4. The van der Waals surface area contributed by atoms with Gasteiger partial charge in [-0.1, -0.05) is 13.0 Å². The largest absolute Gasteiger partial charge is 0.481 e. The SMILES string of the molecule is CC[C@@](C)(CNC(=O)NCc1cccnc1OC)N1CCOCC1. The van der Waals surface area contributed by atoms with E-state index in [-0.39, 0.29) is 11.6 Å². The van der Waals surface area contributed by atoms with Crippen LogP contribution in [0.4, 0.5) is 4.79 Å². The Balaban J connectivity index is 1.83. The molecule has 1 aromatic rings. The van der Waals surface area contributed by atoms with E-state index < -0.39 is 0 Å². The molecule has 2 N–H and O–H groups in total. The molecule has 0 aromatic carbocycles. The first-order valence-electron chi connectivity index (χ1n) is 8.41. The smallest absolute Gasteiger partial charge is 0.315 e. The van der Waals surface area contributed by atoms with Gasteiger partial charge in [0, 0.05) is 43.5 Å². The number of rotatable bonds is 7. The Labute approximate surface area is 143 Å². The van der Waals surface area contributed by atoms with Gasteiger partial charge in [-0.05, 0) is 19.4 Å². The third-order valence-electron chi connectivity index (χ3n) is 4.65. The van der Waals surface area contributed by atoms with E-state index >= 15 is 0 Å². The molecule has 1 aliphatic rings. The summed E-state index contributed by atoms with van der Waals surface area (Å²) in [5.41, 5.74) is 0.786. The fourth-order valence-electron chi connectivity index (χ4n) is 2.81. The van der Waals surface area contributed by atoms with Crippen LogP contribution in [-0.2, 0) is 11.3 Å². The minimum atomic E-state index is -0.186. The number of carbonyl (C=O) groups is 1. The number of urea groups is 1. The van der Waals surface area contributed by atoms with Gasteiger partial charge in [0.15, 0.2) is 0 Å². The van der Waals surface area contributed by atoms with E-state index in [2.05, 4.69) is 34.4 Å². The van der Waals surface area contributed by atoms with E-state index in [1.54, 1.807) is 13.3 Å². The lowest BCUT2D eigenvalue weighted by molar-refractivity contribution is -0.0165. The maximum absolute atomic E-state index is 12.1. The zero-order valence-corrected chi connectivity index (χ0v) is 14.8. The number of hydrogen-bond acceptors (Lipinski definition) is 5. The first-order chi connectivity index (χ1) is 11.6. The van der Waals surface area contributed by atoms with E-state index in [1.807, 2.05) is 12.1 Å². The number of aromatic nitrogens is 1. The second-order valence-electron chi connectivity index (χ2n) is 6.16. The first-order valence-corrected chi connectivity index (χ1v) is 8.41. The van der Waals surface area contributed by atoms with Gasteiger partial charge >= 0.3 is 6.03 Å². The average molecular weight is 336 g/mol. The highest BCUT2D eigenvalue weighted by Crippen LogP contribution is 2.20. The Bertz CT molecular complexity index is 534. The van der Waals surface area contributed by atoms with Crippen molar-refractivity contribution in [1.29, 1.82) is 0 Å². The minimum absolute atomic E-state index is 0.0624. The molecule has 0 aliphatic carbocycles. The lowest BCUT2D eigenvalue weighted by atomic mass is 9.95. The molecule has 1 aromatic heterocycles. The molecule has 1 atom stereocenters. The van der Waals surface area contributed by atoms with Gasteiger partial charge in [-0.15, -0.1) is 0 Å². The zero-order valence-electron chi connectivity index (χ0n) is 14.8. The fourth-order valence-corrected chi connectivity index (χ4v) is 2.81. The molecule has 0 bridgehead atoms. The Kier molecular flexibility index (Phi) is 6.81. The van der Waals surface area contributed by atoms with Gasteiger partial charge in [0.2, 0.25) is 5.88 Å². The van der Waals surface area contributed by atoms with E-state index in [0.29, 0.717) is 19.0 Å². The summed E-state index contributed by atoms with van der Waals surface area (Å²) in [5.74, 6) is 0.532. The van der Waals surface area contributed by atoms with Crippen LogP contribution in [0.3, 0.4) is 0 Å². The molecule has 0 radical (unpaired) electrons. The molecule has 2 rings (SSSR count). The molecule has 7 heteroatoms. The number of nitrogens with one attached hydrogen (secondary N) is 2. The number of pyridine rings is 1. The molecule has 7 nitrogen and oxygen atoms in total. The molecular formula is C17H28N4O3. The molecule has 2 heterocycles. The number of morpholine rings is 1. The van der Waals surface area contributed by atoms with Crippen LogP contribution in [0.25, 0.3) is 0 Å². The van der Waals surface area contributed by atoms with Crippen molar-refractivity contribution in [2.24, 2.45) is 0 Å². The molecule has 0 unspecified atom stereocenters. The predicted molar refractivity (Wildman–Crippen MR) is 92.1 cm³/mol. The number of amides is 2. The normalized spacial score (nSPS) is 17.8. The Morgan fingerprint density at radius 1 is 1.42 bits per heavy atom. The van der Waals surface area contributed by atoms with Gasteiger partial charge in [-0.3, -0.25) is 4.90 Å². The quantitative estimate of drug-likeness (QED) is 0.787. The highest BCUT2D eigenvalue weighted by Gasteiger charge is 2.31. The molecule has 2 amide bonds. The number of nitrogens with zero attached hydrogens (tertiary/aromatic N) is 2. The Morgan fingerprint density at radius 2 is 2.17 bits per heavy atom. The van der Waals surface area contributed by atoms with Crippen molar-refractivity contribution in [2.75, 3.05) is 40.0 Å². The van der Waals surface area contributed by atoms with Crippen molar-refractivity contribution in [1.82, 2.24) is 20.5 Å². The van der Waals surface area contributed by atoms with Crippen LogP contribution in [0.5, 0.6) is 5.88 Å². The Morgan fingerprint density at radius 3 is 2.83 bits per heavy atom. The fraction of sp³-hybridized carbons (Fsp3) is 0.647. The molecule has 1 saturated heterocycles. The van der Waals surface area contributed by atoms with Crippen molar-refractivity contribution in [3.63, 3.8) is 0 Å². The van der Waals surface area contributed by atoms with Crippen LogP contribution in [0.1, 0.15) is 25.8 Å². The number of methoxy groups -OCH3 is 1. The molecule has 0 saturated carbocycles. The van der Waals surface area contributed by atoms with Gasteiger partial charge in [0.1, 0.15) is 0 Å². The summed E-state index contributed by atoms with van der Waals surface area (Å²) in [6, 6.07) is 3.52. The Hall–Kier alpha value is -1.86. The number of hydrogen-bond donors (Lipinski definition) is 2. The lowest BCUT2D eigenvalue weighted by Crippen LogP contribution is -2.57. The molecule has 134 valence electrons. The number of ether oxygens (including phenoxy) is 2. The maximum Gasteiger partial charge on any atom is 0.315 e.